The second-order valence-electron chi connectivity index (χ2n) is 8.23. The molecule has 180 valence electrons. The van der Waals surface area contributed by atoms with E-state index in [1.165, 1.54) is 0 Å². The Labute approximate surface area is 195 Å². The van der Waals surface area contributed by atoms with Gasteiger partial charge in [0.1, 0.15) is 0 Å². The van der Waals surface area contributed by atoms with Gasteiger partial charge in [0, 0.05) is 51.0 Å². The zero-order chi connectivity index (χ0) is 24.0. The highest BCUT2D eigenvalue weighted by Crippen LogP contribution is 2.32. The molecule has 0 spiro atoms. The van der Waals surface area contributed by atoms with Crippen LogP contribution in [0.4, 0.5) is 9.59 Å². The number of hydrogen-bond donors (Lipinski definition) is 2. The Bertz CT molecular complexity index is 888. The Morgan fingerprint density at radius 2 is 1.88 bits per heavy atom. The molecule has 9 nitrogen and oxygen atoms in total. The lowest BCUT2D eigenvalue weighted by atomic mass is 9.94. The van der Waals surface area contributed by atoms with Crippen LogP contribution in [-0.4, -0.2) is 84.6 Å². The van der Waals surface area contributed by atoms with Gasteiger partial charge in [-0.2, -0.15) is 0 Å². The molecule has 9 heteroatoms. The van der Waals surface area contributed by atoms with Crippen LogP contribution in [0.25, 0.3) is 0 Å². The van der Waals surface area contributed by atoms with Gasteiger partial charge in [-0.25, -0.2) is 14.4 Å². The molecule has 1 aromatic carbocycles. The third-order valence-electron chi connectivity index (χ3n) is 6.06. The third kappa shape index (κ3) is 5.47. The summed E-state index contributed by atoms with van der Waals surface area (Å²) in [7, 11) is 0. The van der Waals surface area contributed by atoms with Crippen molar-refractivity contribution >= 4 is 18.0 Å². The molecule has 1 aromatic rings. The molecule has 0 bridgehead atoms. The number of ether oxygens (including phenoxy) is 1. The van der Waals surface area contributed by atoms with E-state index in [1.54, 1.807) is 11.8 Å². The first-order valence-electron chi connectivity index (χ1n) is 11.7. The Kier molecular flexibility index (Phi) is 8.32. The van der Waals surface area contributed by atoms with Crippen molar-refractivity contribution in [2.75, 3.05) is 45.9 Å². The number of likely N-dealkylation sites (N-methyl/N-ethyl adjacent to an activating group) is 1. The third-order valence-corrected chi connectivity index (χ3v) is 6.06. The molecule has 2 aliphatic heterocycles. The summed E-state index contributed by atoms with van der Waals surface area (Å²) in [6, 6.07) is 8.61. The average molecular weight is 458 g/mol. The topological polar surface area (TPSA) is 94.2 Å². The second-order valence-corrected chi connectivity index (χ2v) is 8.23. The van der Waals surface area contributed by atoms with E-state index in [-0.39, 0.29) is 24.7 Å². The number of carbonyl (C=O) groups is 3. The van der Waals surface area contributed by atoms with E-state index in [9.17, 15) is 14.4 Å². The first kappa shape index (κ1) is 24.6. The van der Waals surface area contributed by atoms with Gasteiger partial charge in [-0.15, -0.1) is 0 Å². The van der Waals surface area contributed by atoms with Gasteiger partial charge in [-0.05, 0) is 33.3 Å². The minimum atomic E-state index is -0.579. The van der Waals surface area contributed by atoms with Gasteiger partial charge in [0.15, 0.2) is 0 Å². The monoisotopic (exact) mass is 457 g/mol. The van der Waals surface area contributed by atoms with E-state index in [4.69, 9.17) is 4.74 Å². The lowest BCUT2D eigenvalue weighted by molar-refractivity contribution is -0.139. The van der Waals surface area contributed by atoms with Crippen molar-refractivity contribution in [2.24, 2.45) is 0 Å². The van der Waals surface area contributed by atoms with Gasteiger partial charge in [0.05, 0.1) is 18.2 Å². The molecular weight excluding hydrogens is 422 g/mol. The maximum Gasteiger partial charge on any atom is 0.338 e. The van der Waals surface area contributed by atoms with Crippen LogP contribution < -0.4 is 10.6 Å². The Balaban J connectivity index is 1.94. The molecule has 2 atom stereocenters. The van der Waals surface area contributed by atoms with Crippen LogP contribution >= 0.6 is 0 Å². The lowest BCUT2D eigenvalue weighted by Crippen LogP contribution is -2.58. The Morgan fingerprint density at radius 3 is 2.48 bits per heavy atom. The van der Waals surface area contributed by atoms with Crippen molar-refractivity contribution < 1.29 is 19.1 Å². The van der Waals surface area contributed by atoms with Gasteiger partial charge in [-0.3, -0.25) is 9.80 Å². The number of nitrogens with zero attached hydrogens (tertiary/aromatic N) is 3. The minimum absolute atomic E-state index is 0.00866. The van der Waals surface area contributed by atoms with Crippen LogP contribution in [0.1, 0.15) is 39.3 Å². The molecule has 3 rings (SSSR count). The molecule has 1 fully saturated rings. The lowest BCUT2D eigenvalue weighted by Gasteiger charge is -2.42. The number of amides is 4. The van der Waals surface area contributed by atoms with Gasteiger partial charge in [0.25, 0.3) is 0 Å². The molecule has 0 radical (unpaired) electrons. The number of nitrogens with one attached hydrogen (secondary N) is 2. The summed E-state index contributed by atoms with van der Waals surface area (Å²) < 4.78 is 5.42. The summed E-state index contributed by atoms with van der Waals surface area (Å²) in [5.41, 5.74) is 1.95. The Hall–Kier alpha value is -3.07. The second kappa shape index (κ2) is 11.2. The van der Waals surface area contributed by atoms with Crippen LogP contribution in [0.5, 0.6) is 0 Å². The van der Waals surface area contributed by atoms with E-state index in [1.807, 2.05) is 56.0 Å². The fourth-order valence-electron chi connectivity index (χ4n) is 4.50. The molecule has 2 heterocycles. The minimum Gasteiger partial charge on any atom is -0.463 e. The summed E-state index contributed by atoms with van der Waals surface area (Å²) in [5, 5.41) is 5.84. The van der Waals surface area contributed by atoms with Crippen molar-refractivity contribution in [2.45, 2.75) is 39.8 Å². The summed E-state index contributed by atoms with van der Waals surface area (Å²) in [6.07, 6.45) is 0. The predicted molar refractivity (Wildman–Crippen MR) is 125 cm³/mol. The first-order chi connectivity index (χ1) is 15.9. The molecule has 0 aliphatic carbocycles. The van der Waals surface area contributed by atoms with Crippen molar-refractivity contribution in [1.29, 1.82) is 0 Å². The van der Waals surface area contributed by atoms with Gasteiger partial charge in [-0.1, -0.05) is 30.3 Å². The SMILES string of the molecule is CCNC(=O)N1CCN(CC2=C(C(=O)OCC)[C@@H](c3ccccc3)NC(=O)N2CC)C[C@H]1C. The highest BCUT2D eigenvalue weighted by Gasteiger charge is 2.39. The van der Waals surface area contributed by atoms with Gasteiger partial charge in [0.2, 0.25) is 0 Å². The highest BCUT2D eigenvalue weighted by atomic mass is 16.5. The zero-order valence-electron chi connectivity index (χ0n) is 20.0. The maximum absolute atomic E-state index is 13.1. The van der Waals surface area contributed by atoms with Crippen LogP contribution in [0.3, 0.4) is 0 Å². The molecule has 1 saturated heterocycles. The number of piperazine rings is 1. The number of carbonyl (C=O) groups excluding carboxylic acids is 3. The molecule has 0 unspecified atom stereocenters. The van der Waals surface area contributed by atoms with E-state index < -0.39 is 12.0 Å². The summed E-state index contributed by atoms with van der Waals surface area (Å²) in [4.78, 5) is 44.1. The van der Waals surface area contributed by atoms with Crippen LogP contribution in [-0.2, 0) is 9.53 Å². The molecule has 0 aromatic heterocycles. The smallest absolute Gasteiger partial charge is 0.338 e. The zero-order valence-corrected chi connectivity index (χ0v) is 20.0. The van der Waals surface area contributed by atoms with E-state index in [0.717, 1.165) is 5.56 Å². The normalized spacial score (nSPS) is 21.6. The van der Waals surface area contributed by atoms with Crippen LogP contribution in [0.2, 0.25) is 0 Å². The molecular formula is C24H35N5O4. The van der Waals surface area contributed by atoms with Crippen molar-refractivity contribution in [3.8, 4) is 0 Å². The van der Waals surface area contributed by atoms with Crippen molar-refractivity contribution in [3.63, 3.8) is 0 Å². The first-order valence-corrected chi connectivity index (χ1v) is 11.7. The molecule has 4 amide bonds. The van der Waals surface area contributed by atoms with Gasteiger partial charge >= 0.3 is 18.0 Å². The van der Waals surface area contributed by atoms with Crippen molar-refractivity contribution in [1.82, 2.24) is 25.3 Å². The molecule has 0 saturated carbocycles. The summed E-state index contributed by atoms with van der Waals surface area (Å²) in [5.74, 6) is -0.422. The number of rotatable bonds is 7. The maximum atomic E-state index is 13.1. The summed E-state index contributed by atoms with van der Waals surface area (Å²) in [6.45, 7) is 11.1. The number of benzene rings is 1. The summed E-state index contributed by atoms with van der Waals surface area (Å²) >= 11 is 0. The predicted octanol–water partition coefficient (Wildman–Crippen LogP) is 2.33. The quantitative estimate of drug-likeness (QED) is 0.613. The largest absolute Gasteiger partial charge is 0.463 e. The van der Waals surface area contributed by atoms with Crippen molar-refractivity contribution in [3.05, 3.63) is 47.2 Å². The fourth-order valence-corrected chi connectivity index (χ4v) is 4.50. The number of urea groups is 2. The van der Waals surface area contributed by atoms with Gasteiger partial charge < -0.3 is 20.3 Å². The molecule has 2 N–H and O–H groups in total. The Morgan fingerprint density at radius 1 is 1.15 bits per heavy atom. The van der Waals surface area contributed by atoms with Crippen LogP contribution in [0, 0.1) is 0 Å². The van der Waals surface area contributed by atoms with E-state index in [0.29, 0.717) is 50.5 Å². The standard InChI is InChI=1S/C24H35N5O4/c1-5-25-23(31)29-14-13-27(15-17(29)4)16-19-20(22(30)33-7-3)21(18-11-9-8-10-12-18)26-24(32)28(19)6-2/h8-12,17,21H,5-7,13-16H2,1-4H3,(H,25,31)(H,26,32)/t17-,21-/m1/s1. The fraction of sp³-hybridized carbons (Fsp3) is 0.542. The number of hydrogen-bond acceptors (Lipinski definition) is 5. The van der Waals surface area contributed by atoms with Crippen LogP contribution in [0.15, 0.2) is 41.6 Å². The highest BCUT2D eigenvalue weighted by molar-refractivity contribution is 5.95. The molecule has 2 aliphatic rings. The van der Waals surface area contributed by atoms with E-state index in [2.05, 4.69) is 15.5 Å². The van der Waals surface area contributed by atoms with E-state index >= 15 is 0 Å². The molecule has 33 heavy (non-hydrogen) atoms. The number of esters is 1. The average Bonchev–Trinajstić information content (AvgIpc) is 2.79.